The highest BCUT2D eigenvalue weighted by molar-refractivity contribution is 7.90. The fourth-order valence-corrected chi connectivity index (χ4v) is 2.83. The third-order valence-corrected chi connectivity index (χ3v) is 3.77. The molecule has 1 aromatic rings. The lowest BCUT2D eigenvalue weighted by Gasteiger charge is -2.17. The number of benzene rings is 1. The Hall–Kier alpha value is -1.76. The van der Waals surface area contributed by atoms with E-state index in [0.717, 1.165) is 0 Å². The van der Waals surface area contributed by atoms with Crippen LogP contribution >= 0.6 is 0 Å². The van der Waals surface area contributed by atoms with E-state index in [4.69, 9.17) is 5.73 Å². The third-order valence-electron chi connectivity index (χ3n) is 2.66. The van der Waals surface area contributed by atoms with Gasteiger partial charge in [-0.05, 0) is 25.1 Å². The number of carbonyl (C=O) groups excluding carboxylic acids is 1. The van der Waals surface area contributed by atoms with Crippen molar-refractivity contribution in [3.8, 4) is 0 Å². The predicted molar refractivity (Wildman–Crippen MR) is 81.7 cm³/mol. The molecule has 1 aromatic carbocycles. The molecule has 0 aliphatic rings. The van der Waals surface area contributed by atoms with Gasteiger partial charge in [-0.25, -0.2) is 8.42 Å². The van der Waals surface area contributed by atoms with Gasteiger partial charge in [-0.3, -0.25) is 4.79 Å². The van der Waals surface area contributed by atoms with E-state index in [1.165, 1.54) is 11.2 Å². The molecule has 0 fully saturated rings. The van der Waals surface area contributed by atoms with Crippen molar-refractivity contribution in [1.82, 2.24) is 4.90 Å². The summed E-state index contributed by atoms with van der Waals surface area (Å²) in [6.07, 6.45) is 1.18. The smallest absolute Gasteiger partial charge is 0.253 e. The van der Waals surface area contributed by atoms with Gasteiger partial charge in [0.1, 0.15) is 9.84 Å². The van der Waals surface area contributed by atoms with Gasteiger partial charge >= 0.3 is 0 Å². The lowest BCUT2D eigenvalue weighted by Crippen LogP contribution is -2.26. The molecule has 0 bridgehead atoms. The first kappa shape index (κ1) is 16.3. The Labute approximate surface area is 119 Å². The van der Waals surface area contributed by atoms with E-state index in [9.17, 15) is 13.2 Å². The molecule has 1 rings (SSSR count). The Kier molecular flexibility index (Phi) is 4.99. The SMILES string of the molecule is CC(CS(C)(=O)=O)Nc1cc(C(=O)N(C)C)ccc1N. The van der Waals surface area contributed by atoms with Crippen molar-refractivity contribution in [2.75, 3.05) is 37.2 Å². The molecule has 6 nitrogen and oxygen atoms in total. The van der Waals surface area contributed by atoms with Crippen LogP contribution in [0.5, 0.6) is 0 Å². The standard InChI is InChI=1S/C13H21N3O3S/c1-9(8-20(4,18)19)15-12-7-10(5-6-11(12)14)13(17)16(2)3/h5-7,9,15H,8,14H2,1-4H3. The second-order valence-electron chi connectivity index (χ2n) is 5.14. The monoisotopic (exact) mass is 299 g/mol. The molecule has 0 aliphatic carbocycles. The van der Waals surface area contributed by atoms with Gasteiger partial charge in [0.15, 0.2) is 0 Å². The number of nitrogens with zero attached hydrogens (tertiary/aromatic N) is 1. The van der Waals surface area contributed by atoms with Crippen molar-refractivity contribution < 1.29 is 13.2 Å². The molecule has 0 spiro atoms. The van der Waals surface area contributed by atoms with E-state index in [0.29, 0.717) is 16.9 Å². The second-order valence-corrected chi connectivity index (χ2v) is 7.32. The average molecular weight is 299 g/mol. The minimum absolute atomic E-state index is 0.00169. The third kappa shape index (κ3) is 4.73. The van der Waals surface area contributed by atoms with E-state index in [2.05, 4.69) is 5.32 Å². The average Bonchev–Trinajstić information content (AvgIpc) is 2.28. The lowest BCUT2D eigenvalue weighted by atomic mass is 10.1. The second kappa shape index (κ2) is 6.13. The quantitative estimate of drug-likeness (QED) is 0.785. The van der Waals surface area contributed by atoms with Crippen molar-refractivity contribution in [2.45, 2.75) is 13.0 Å². The number of hydrogen-bond donors (Lipinski definition) is 2. The van der Waals surface area contributed by atoms with E-state index in [-0.39, 0.29) is 17.7 Å². The lowest BCUT2D eigenvalue weighted by molar-refractivity contribution is 0.0827. The van der Waals surface area contributed by atoms with Crippen molar-refractivity contribution in [3.63, 3.8) is 0 Å². The molecular formula is C13H21N3O3S. The number of anilines is 2. The number of nitrogen functional groups attached to an aromatic ring is 1. The van der Waals surface area contributed by atoms with Crippen LogP contribution in [0.25, 0.3) is 0 Å². The summed E-state index contributed by atoms with van der Waals surface area (Å²) in [5.41, 5.74) is 7.38. The minimum atomic E-state index is -3.07. The van der Waals surface area contributed by atoms with Gasteiger partial charge in [-0.2, -0.15) is 0 Å². The first-order chi connectivity index (χ1) is 9.10. The van der Waals surface area contributed by atoms with Gasteiger partial charge in [-0.15, -0.1) is 0 Å². The summed E-state index contributed by atoms with van der Waals surface area (Å²) in [7, 11) is 0.255. The zero-order valence-corrected chi connectivity index (χ0v) is 13.0. The van der Waals surface area contributed by atoms with Crippen LogP contribution in [0.4, 0.5) is 11.4 Å². The molecule has 1 amide bonds. The molecule has 0 aliphatic heterocycles. The molecule has 112 valence electrons. The largest absolute Gasteiger partial charge is 0.397 e. The van der Waals surface area contributed by atoms with Gasteiger partial charge < -0.3 is 16.0 Å². The molecule has 7 heteroatoms. The summed E-state index contributed by atoms with van der Waals surface area (Å²) in [4.78, 5) is 13.4. The fraction of sp³-hybridized carbons (Fsp3) is 0.462. The number of nitrogens with two attached hydrogens (primary N) is 1. The summed E-state index contributed by atoms with van der Waals surface area (Å²) in [6, 6.07) is 4.62. The molecule has 1 atom stereocenters. The van der Waals surface area contributed by atoms with Crippen molar-refractivity contribution in [1.29, 1.82) is 0 Å². The maximum atomic E-state index is 11.9. The summed E-state index contributed by atoms with van der Waals surface area (Å²) in [6.45, 7) is 1.75. The van der Waals surface area contributed by atoms with Crippen molar-refractivity contribution >= 4 is 27.1 Å². The van der Waals surface area contributed by atoms with Gasteiger partial charge in [0.05, 0.1) is 17.1 Å². The molecule has 0 saturated carbocycles. The van der Waals surface area contributed by atoms with Crippen LogP contribution in [-0.4, -0.2) is 51.4 Å². The zero-order valence-electron chi connectivity index (χ0n) is 12.2. The Balaban J connectivity index is 2.95. The number of amides is 1. The highest BCUT2D eigenvalue weighted by Crippen LogP contribution is 2.21. The normalized spacial score (nSPS) is 12.8. The molecule has 0 heterocycles. The number of sulfone groups is 1. The Morgan fingerprint density at radius 1 is 1.40 bits per heavy atom. The maximum Gasteiger partial charge on any atom is 0.253 e. The van der Waals surface area contributed by atoms with E-state index in [1.54, 1.807) is 39.2 Å². The predicted octanol–water partition coefficient (Wildman–Crippen LogP) is 0.816. The Morgan fingerprint density at radius 3 is 2.50 bits per heavy atom. The fourth-order valence-electron chi connectivity index (χ4n) is 1.83. The van der Waals surface area contributed by atoms with Crippen LogP contribution in [0.1, 0.15) is 17.3 Å². The highest BCUT2D eigenvalue weighted by Gasteiger charge is 2.14. The van der Waals surface area contributed by atoms with Crippen molar-refractivity contribution in [3.05, 3.63) is 23.8 Å². The van der Waals surface area contributed by atoms with Crippen LogP contribution in [0.15, 0.2) is 18.2 Å². The van der Waals surface area contributed by atoms with Gasteiger partial charge in [-0.1, -0.05) is 0 Å². The molecule has 3 N–H and O–H groups in total. The van der Waals surface area contributed by atoms with E-state index >= 15 is 0 Å². The Morgan fingerprint density at radius 2 is 2.00 bits per heavy atom. The zero-order chi connectivity index (χ0) is 15.5. The molecule has 1 unspecified atom stereocenters. The maximum absolute atomic E-state index is 11.9. The topological polar surface area (TPSA) is 92.5 Å². The number of rotatable bonds is 5. The number of nitrogens with one attached hydrogen (secondary N) is 1. The summed E-state index contributed by atoms with van der Waals surface area (Å²) in [5, 5.41) is 3.03. The number of hydrogen-bond acceptors (Lipinski definition) is 5. The van der Waals surface area contributed by atoms with Gasteiger partial charge in [0.2, 0.25) is 0 Å². The van der Waals surface area contributed by atoms with Crippen LogP contribution in [0, 0.1) is 0 Å². The summed E-state index contributed by atoms with van der Waals surface area (Å²) >= 11 is 0. The van der Waals surface area contributed by atoms with Crippen LogP contribution < -0.4 is 11.1 Å². The molecule has 20 heavy (non-hydrogen) atoms. The van der Waals surface area contributed by atoms with Crippen LogP contribution in [0.2, 0.25) is 0 Å². The summed E-state index contributed by atoms with van der Waals surface area (Å²) in [5.74, 6) is -0.137. The van der Waals surface area contributed by atoms with E-state index in [1.807, 2.05) is 0 Å². The number of carbonyl (C=O) groups is 1. The highest BCUT2D eigenvalue weighted by atomic mass is 32.2. The first-order valence-electron chi connectivity index (χ1n) is 6.15. The minimum Gasteiger partial charge on any atom is -0.397 e. The first-order valence-corrected chi connectivity index (χ1v) is 8.21. The molecule has 0 radical (unpaired) electrons. The van der Waals surface area contributed by atoms with Crippen LogP contribution in [-0.2, 0) is 9.84 Å². The van der Waals surface area contributed by atoms with Crippen LogP contribution in [0.3, 0.4) is 0 Å². The van der Waals surface area contributed by atoms with Crippen molar-refractivity contribution in [2.24, 2.45) is 0 Å². The molecule has 0 aromatic heterocycles. The molecule has 0 saturated heterocycles. The summed E-state index contributed by atoms with van der Waals surface area (Å²) < 4.78 is 22.5. The van der Waals surface area contributed by atoms with E-state index < -0.39 is 9.84 Å². The van der Waals surface area contributed by atoms with Gasteiger partial charge in [0.25, 0.3) is 5.91 Å². The molecular weight excluding hydrogens is 278 g/mol. The Bertz CT molecular complexity index is 597. The van der Waals surface area contributed by atoms with Gasteiger partial charge in [0, 0.05) is 32.0 Å².